The molecule has 2 amide bonds. The summed E-state index contributed by atoms with van der Waals surface area (Å²) in [7, 11) is -6.27. The molecule has 4 saturated heterocycles. The van der Waals surface area contributed by atoms with Crippen LogP contribution < -0.4 is 10.2 Å². The Bertz CT molecular complexity index is 3320. The fourth-order valence-corrected chi connectivity index (χ4v) is 13.6. The third-order valence-corrected chi connectivity index (χ3v) is 16.7. The van der Waals surface area contributed by atoms with E-state index in [1.165, 1.54) is 11.0 Å². The van der Waals surface area contributed by atoms with Crippen LogP contribution in [0.1, 0.15) is 97.2 Å². The summed E-state index contributed by atoms with van der Waals surface area (Å²) in [4.78, 5) is 36.0. The number of hydrogen-bond acceptors (Lipinski definition) is 12. The molecule has 4 atom stereocenters. The summed E-state index contributed by atoms with van der Waals surface area (Å²) < 4.78 is 91.4. The molecule has 0 saturated carbocycles. The van der Waals surface area contributed by atoms with Crippen LogP contribution >= 0.6 is 0 Å². The number of sulfone groups is 2. The highest BCUT2D eigenvalue weighted by Crippen LogP contribution is 2.42. The lowest BCUT2D eigenvalue weighted by Crippen LogP contribution is -2.30. The average molecular weight is 941 g/mol. The summed E-state index contributed by atoms with van der Waals surface area (Å²) in [6.07, 6.45) is 2.74. The van der Waals surface area contributed by atoms with Gasteiger partial charge in [-0.1, -0.05) is 22.4 Å². The Morgan fingerprint density at radius 3 is 1.67 bits per heavy atom. The Hall–Kier alpha value is -6.28. The zero-order valence-electron chi connectivity index (χ0n) is 36.5. The second kappa shape index (κ2) is 16.3. The molecule has 0 bridgehead atoms. The average Bonchev–Trinajstić information content (AvgIpc) is 4.15. The lowest BCUT2D eigenvalue weighted by atomic mass is 10.0. The number of anilines is 1. The first-order valence-electron chi connectivity index (χ1n) is 21.8. The summed E-state index contributed by atoms with van der Waals surface area (Å²) in [6, 6.07) is 13.8. The van der Waals surface area contributed by atoms with Gasteiger partial charge in [0, 0.05) is 35.7 Å². The lowest BCUT2D eigenvalue weighted by Gasteiger charge is -2.27. The smallest absolute Gasteiger partial charge is 0.227 e. The number of rotatable bonds is 7. The van der Waals surface area contributed by atoms with E-state index in [-0.39, 0.29) is 65.1 Å². The van der Waals surface area contributed by atoms with E-state index in [0.29, 0.717) is 49.2 Å². The number of amides is 2. The normalized spacial score (nSPS) is 22.4. The Morgan fingerprint density at radius 2 is 1.20 bits per heavy atom. The second-order valence-corrected chi connectivity index (χ2v) is 22.1. The minimum absolute atomic E-state index is 0.00376. The van der Waals surface area contributed by atoms with E-state index in [9.17, 15) is 35.2 Å². The van der Waals surface area contributed by atoms with E-state index in [1.807, 2.05) is 73.2 Å². The van der Waals surface area contributed by atoms with Crippen molar-refractivity contribution in [3.8, 4) is 22.3 Å². The third-order valence-electron chi connectivity index (χ3n) is 13.2. The molecule has 344 valence electrons. The van der Waals surface area contributed by atoms with Crippen LogP contribution in [0, 0.1) is 39.3 Å². The van der Waals surface area contributed by atoms with E-state index in [0.717, 1.165) is 73.9 Å². The summed E-state index contributed by atoms with van der Waals surface area (Å²) >= 11 is 0. The molecule has 4 fully saturated rings. The molecule has 20 heteroatoms. The van der Waals surface area contributed by atoms with Crippen molar-refractivity contribution in [3.63, 3.8) is 0 Å². The number of carbonyl (C=O) groups excluding carboxylic acids is 2. The molecule has 7 aromatic rings. The SMILES string of the molecule is Cc1noc(C)c1-c1ccc2c(c1)nc([C@@H]1CCC(=O)N1)n2[C@H]1CCS(=O)(=O)C1.Cc1noc(C)c1-c1ccc2c(c1)nc([C@@H]1CCC(=O)N1c1ccc(F)c(F)c1)n2[C@H]1CCS(=O)(=O)C1. The van der Waals surface area contributed by atoms with E-state index >= 15 is 0 Å². The van der Waals surface area contributed by atoms with Gasteiger partial charge in [-0.15, -0.1) is 0 Å². The van der Waals surface area contributed by atoms with Gasteiger partial charge >= 0.3 is 0 Å². The van der Waals surface area contributed by atoms with Crippen LogP contribution in [0.25, 0.3) is 44.3 Å². The number of nitrogens with zero attached hydrogens (tertiary/aromatic N) is 7. The first-order valence-corrected chi connectivity index (χ1v) is 25.5. The topological polar surface area (TPSA) is 205 Å². The minimum Gasteiger partial charge on any atom is -0.361 e. The molecule has 0 unspecified atom stereocenters. The predicted molar refractivity (Wildman–Crippen MR) is 240 cm³/mol. The summed E-state index contributed by atoms with van der Waals surface area (Å²) in [5.74, 6) is 0.755. The molecule has 66 heavy (non-hydrogen) atoms. The van der Waals surface area contributed by atoms with Crippen molar-refractivity contribution in [1.82, 2.24) is 34.7 Å². The molecule has 8 heterocycles. The quantitative estimate of drug-likeness (QED) is 0.166. The van der Waals surface area contributed by atoms with Gasteiger partial charge in [0.2, 0.25) is 11.8 Å². The lowest BCUT2D eigenvalue weighted by molar-refractivity contribution is -0.119. The molecule has 11 rings (SSSR count). The van der Waals surface area contributed by atoms with Crippen molar-refractivity contribution in [2.45, 2.75) is 90.4 Å². The van der Waals surface area contributed by atoms with Crippen molar-refractivity contribution in [2.24, 2.45) is 0 Å². The van der Waals surface area contributed by atoms with Crippen molar-refractivity contribution in [2.75, 3.05) is 27.9 Å². The van der Waals surface area contributed by atoms with Crippen LogP contribution in [-0.2, 0) is 29.3 Å². The zero-order chi connectivity index (χ0) is 46.4. The van der Waals surface area contributed by atoms with E-state index in [4.69, 9.17) is 19.0 Å². The van der Waals surface area contributed by atoms with Crippen molar-refractivity contribution < 1.29 is 44.3 Å². The number of imidazole rings is 2. The van der Waals surface area contributed by atoms with Crippen molar-refractivity contribution in [1.29, 1.82) is 0 Å². The maximum absolute atomic E-state index is 14.1. The number of halogens is 2. The van der Waals surface area contributed by atoms with Gasteiger partial charge in [0.1, 0.15) is 23.2 Å². The maximum Gasteiger partial charge on any atom is 0.227 e. The molecule has 0 radical (unpaired) electrons. The van der Waals surface area contributed by atoms with E-state index < -0.39 is 37.4 Å². The van der Waals surface area contributed by atoms with E-state index in [1.54, 1.807) is 0 Å². The van der Waals surface area contributed by atoms with Gasteiger partial charge in [0.05, 0.1) is 80.6 Å². The van der Waals surface area contributed by atoms with Gasteiger partial charge in [0.15, 0.2) is 31.3 Å². The molecular weight excluding hydrogens is 895 g/mol. The standard InChI is InChI=1S/C26H24F2N4O4S.C20H22N4O4S/c1-14-25(15(2)36-30-14)16-3-6-22-21(11-16)29-26(32(22)18-9-10-37(34,35)13-18)23-7-8-24(33)31(23)17-4-5-19(27)20(28)12-17;1-11-19(12(2)28-23-11)13-3-5-17-16(9-13)22-20(15-4-6-18(25)21-15)24(17)14-7-8-29(26,27)10-14/h3-6,11-12,18,23H,7-10,13H2,1-2H3;3,5,9,14-15H,4,6-8,10H2,1-2H3,(H,21,25)/t18-,23-;14-,15-/m00/s1. The molecule has 4 aliphatic rings. The fraction of sp³-hybridized carbons (Fsp3) is 0.391. The molecule has 3 aromatic carbocycles. The van der Waals surface area contributed by atoms with Gasteiger partial charge in [-0.3, -0.25) is 9.59 Å². The first kappa shape index (κ1) is 43.6. The number of fused-ring (bicyclic) bond motifs is 2. The van der Waals surface area contributed by atoms with Crippen molar-refractivity contribution >= 4 is 59.2 Å². The van der Waals surface area contributed by atoms with Crippen LogP contribution in [0.2, 0.25) is 0 Å². The van der Waals surface area contributed by atoms with Gasteiger partial charge in [-0.05, 0) is 101 Å². The number of hydrogen-bond donors (Lipinski definition) is 1. The number of aromatic nitrogens is 6. The monoisotopic (exact) mass is 940 g/mol. The summed E-state index contributed by atoms with van der Waals surface area (Å²) in [5, 5.41) is 11.0. The highest BCUT2D eigenvalue weighted by Gasteiger charge is 2.41. The molecule has 4 aliphatic heterocycles. The van der Waals surface area contributed by atoms with Crippen LogP contribution in [0.15, 0.2) is 63.6 Å². The fourth-order valence-electron chi connectivity index (χ4n) is 10.2. The van der Waals surface area contributed by atoms with Gasteiger partial charge < -0.3 is 28.4 Å². The van der Waals surface area contributed by atoms with Crippen LogP contribution in [0.5, 0.6) is 0 Å². The Labute approximate surface area is 378 Å². The van der Waals surface area contributed by atoms with Crippen LogP contribution in [-0.4, -0.2) is 81.1 Å². The third kappa shape index (κ3) is 7.76. The Balaban J connectivity index is 0.000000160. The minimum atomic E-state index is -3.21. The van der Waals surface area contributed by atoms with Crippen molar-refractivity contribution in [3.05, 3.63) is 101 Å². The first-order chi connectivity index (χ1) is 31.4. The van der Waals surface area contributed by atoms with Gasteiger partial charge in [0.25, 0.3) is 0 Å². The maximum atomic E-state index is 14.1. The number of nitrogens with one attached hydrogen (secondary N) is 1. The van der Waals surface area contributed by atoms with Gasteiger partial charge in [-0.2, -0.15) is 0 Å². The molecule has 4 aromatic heterocycles. The number of benzene rings is 3. The molecule has 16 nitrogen and oxygen atoms in total. The molecule has 1 N–H and O–H groups in total. The predicted octanol–water partition coefficient (Wildman–Crippen LogP) is 7.43. The highest BCUT2D eigenvalue weighted by atomic mass is 32.2. The highest BCUT2D eigenvalue weighted by molar-refractivity contribution is 7.91. The number of carbonyl (C=O) groups is 2. The molecule has 0 spiro atoms. The summed E-state index contributed by atoms with van der Waals surface area (Å²) in [6.45, 7) is 7.46. The van der Waals surface area contributed by atoms with Crippen LogP contribution in [0.4, 0.5) is 14.5 Å². The largest absolute Gasteiger partial charge is 0.361 e. The van der Waals surface area contributed by atoms with E-state index in [2.05, 4.69) is 15.6 Å². The Kier molecular flexibility index (Phi) is 10.7. The second-order valence-electron chi connectivity index (χ2n) is 17.7. The van der Waals surface area contributed by atoms with Gasteiger partial charge in [-0.25, -0.2) is 35.6 Å². The molecular formula is C46H46F2N8O8S2. The van der Waals surface area contributed by atoms with Crippen LogP contribution in [0.3, 0.4) is 0 Å². The number of aryl methyl sites for hydroxylation is 4. The zero-order valence-corrected chi connectivity index (χ0v) is 38.2. The Morgan fingerprint density at radius 1 is 0.652 bits per heavy atom. The summed E-state index contributed by atoms with van der Waals surface area (Å²) in [5.41, 5.74) is 8.47. The molecule has 0 aliphatic carbocycles.